The van der Waals surface area contributed by atoms with Crippen LogP contribution in [0, 0.1) is 20.8 Å². The zero-order valence-electron chi connectivity index (χ0n) is 12.2. The highest BCUT2D eigenvalue weighted by Crippen LogP contribution is 2.21. The van der Waals surface area contributed by atoms with E-state index in [1.54, 1.807) is 19.1 Å². The average Bonchev–Trinajstić information content (AvgIpc) is 2.72. The topological polar surface area (TPSA) is 95.1 Å². The molecule has 0 radical (unpaired) electrons. The highest BCUT2D eigenvalue weighted by molar-refractivity contribution is 6.02. The summed E-state index contributed by atoms with van der Waals surface area (Å²) >= 11 is 0. The number of carbonyl (C=O) groups excluding carboxylic acids is 1. The van der Waals surface area contributed by atoms with Gasteiger partial charge in [0.05, 0.1) is 23.4 Å². The van der Waals surface area contributed by atoms with E-state index in [2.05, 4.69) is 15.5 Å². The molecule has 1 heterocycles. The maximum atomic E-state index is 12.2. The summed E-state index contributed by atoms with van der Waals surface area (Å²) in [6.07, 6.45) is 0.154. The first kappa shape index (κ1) is 14.8. The summed E-state index contributed by atoms with van der Waals surface area (Å²) in [5, 5.41) is 18.7. The van der Waals surface area contributed by atoms with E-state index in [1.807, 2.05) is 13.8 Å². The minimum absolute atomic E-state index is 0.0870. The Bertz CT molecular complexity index is 685. The van der Waals surface area contributed by atoms with Crippen LogP contribution in [0.1, 0.15) is 32.9 Å². The Morgan fingerprint density at radius 1 is 1.29 bits per heavy atom. The second-order valence-electron chi connectivity index (χ2n) is 4.94. The lowest BCUT2D eigenvalue weighted by Gasteiger charge is -2.11. The van der Waals surface area contributed by atoms with Crippen molar-refractivity contribution in [3.05, 3.63) is 46.3 Å². The summed E-state index contributed by atoms with van der Waals surface area (Å²) in [7, 11) is 0. The number of hydrogen-bond acceptors (Lipinski definition) is 3. The number of aromatic nitrogens is 2. The van der Waals surface area contributed by atoms with Crippen LogP contribution in [-0.2, 0) is 11.2 Å². The van der Waals surface area contributed by atoms with Crippen LogP contribution in [0.5, 0.6) is 0 Å². The van der Waals surface area contributed by atoms with Gasteiger partial charge in [0, 0.05) is 11.3 Å². The van der Waals surface area contributed by atoms with Gasteiger partial charge in [-0.15, -0.1) is 0 Å². The lowest BCUT2D eigenvalue weighted by Crippen LogP contribution is -2.18. The van der Waals surface area contributed by atoms with Gasteiger partial charge in [0.25, 0.3) is 0 Å². The average molecular weight is 287 g/mol. The molecule has 0 unspecified atom stereocenters. The molecule has 6 nitrogen and oxygen atoms in total. The van der Waals surface area contributed by atoms with Crippen LogP contribution in [0.25, 0.3) is 0 Å². The molecule has 0 fully saturated rings. The quantitative estimate of drug-likeness (QED) is 0.803. The third kappa shape index (κ3) is 3.10. The SMILES string of the molecule is Cc1cccc(C(=O)O)c1NC(=O)Cc1c(C)n[nH]c1C. The second-order valence-corrected chi connectivity index (χ2v) is 4.94. The number of aromatic amines is 1. The monoisotopic (exact) mass is 287 g/mol. The highest BCUT2D eigenvalue weighted by Gasteiger charge is 2.16. The number of para-hydroxylation sites is 1. The number of aryl methyl sites for hydroxylation is 3. The third-order valence-electron chi connectivity index (χ3n) is 3.39. The van der Waals surface area contributed by atoms with Gasteiger partial charge in [0.2, 0.25) is 5.91 Å². The first-order valence-electron chi connectivity index (χ1n) is 6.53. The van der Waals surface area contributed by atoms with Crippen molar-refractivity contribution in [1.82, 2.24) is 10.2 Å². The van der Waals surface area contributed by atoms with Crippen LogP contribution in [0.4, 0.5) is 5.69 Å². The molecule has 3 N–H and O–H groups in total. The molecule has 0 saturated carbocycles. The van der Waals surface area contributed by atoms with E-state index in [0.29, 0.717) is 11.3 Å². The fourth-order valence-corrected chi connectivity index (χ4v) is 2.19. The maximum absolute atomic E-state index is 12.2. The lowest BCUT2D eigenvalue weighted by atomic mass is 10.1. The molecule has 0 bridgehead atoms. The lowest BCUT2D eigenvalue weighted by molar-refractivity contribution is -0.115. The summed E-state index contributed by atoms with van der Waals surface area (Å²) in [6.45, 7) is 5.43. The minimum Gasteiger partial charge on any atom is -0.478 e. The number of amides is 1. The van der Waals surface area contributed by atoms with Crippen molar-refractivity contribution in [2.75, 3.05) is 5.32 Å². The molecule has 21 heavy (non-hydrogen) atoms. The van der Waals surface area contributed by atoms with Crippen LogP contribution < -0.4 is 5.32 Å². The maximum Gasteiger partial charge on any atom is 0.337 e. The third-order valence-corrected chi connectivity index (χ3v) is 3.39. The van der Waals surface area contributed by atoms with E-state index >= 15 is 0 Å². The summed E-state index contributed by atoms with van der Waals surface area (Å²) in [5.74, 6) is -1.33. The number of anilines is 1. The Kier molecular flexibility index (Phi) is 4.07. The Balaban J connectivity index is 2.23. The van der Waals surface area contributed by atoms with Gasteiger partial charge in [-0.1, -0.05) is 12.1 Å². The van der Waals surface area contributed by atoms with Crippen molar-refractivity contribution in [3.63, 3.8) is 0 Å². The van der Waals surface area contributed by atoms with Gasteiger partial charge in [-0.2, -0.15) is 5.10 Å². The predicted octanol–water partition coefficient (Wildman–Crippen LogP) is 2.21. The fraction of sp³-hybridized carbons (Fsp3) is 0.267. The van der Waals surface area contributed by atoms with E-state index in [0.717, 1.165) is 17.0 Å². The number of carbonyl (C=O) groups is 2. The van der Waals surface area contributed by atoms with Crippen LogP contribution >= 0.6 is 0 Å². The number of H-pyrrole nitrogens is 1. The fourth-order valence-electron chi connectivity index (χ4n) is 2.19. The molecule has 1 aromatic heterocycles. The summed E-state index contributed by atoms with van der Waals surface area (Å²) in [4.78, 5) is 23.4. The second kappa shape index (κ2) is 5.78. The minimum atomic E-state index is -1.07. The van der Waals surface area contributed by atoms with Crippen LogP contribution in [0.2, 0.25) is 0 Å². The zero-order chi connectivity index (χ0) is 15.6. The molecule has 1 aromatic carbocycles. The van der Waals surface area contributed by atoms with E-state index in [9.17, 15) is 14.7 Å². The van der Waals surface area contributed by atoms with Crippen molar-refractivity contribution in [2.24, 2.45) is 0 Å². The van der Waals surface area contributed by atoms with Crippen LogP contribution in [0.15, 0.2) is 18.2 Å². The molecule has 1 amide bonds. The van der Waals surface area contributed by atoms with Crippen LogP contribution in [0.3, 0.4) is 0 Å². The molecular weight excluding hydrogens is 270 g/mol. The number of aromatic carboxylic acids is 1. The molecule has 0 spiro atoms. The van der Waals surface area contributed by atoms with Gasteiger partial charge < -0.3 is 10.4 Å². The summed E-state index contributed by atoms with van der Waals surface area (Å²) < 4.78 is 0. The van der Waals surface area contributed by atoms with Crippen molar-refractivity contribution in [1.29, 1.82) is 0 Å². The highest BCUT2D eigenvalue weighted by atomic mass is 16.4. The van der Waals surface area contributed by atoms with Gasteiger partial charge >= 0.3 is 5.97 Å². The standard InChI is InChI=1S/C15H17N3O3/c1-8-5-4-6-11(15(20)21)14(8)16-13(19)7-12-9(2)17-18-10(12)3/h4-6H,7H2,1-3H3,(H,16,19)(H,17,18)(H,20,21). The number of nitrogens with zero attached hydrogens (tertiary/aromatic N) is 1. The van der Waals surface area contributed by atoms with Crippen LogP contribution in [-0.4, -0.2) is 27.2 Å². The van der Waals surface area contributed by atoms with Gasteiger partial charge in [-0.05, 0) is 32.4 Å². The van der Waals surface area contributed by atoms with E-state index in [4.69, 9.17) is 0 Å². The number of carboxylic acids is 1. The van der Waals surface area contributed by atoms with E-state index < -0.39 is 5.97 Å². The van der Waals surface area contributed by atoms with Gasteiger partial charge in [0.15, 0.2) is 0 Å². The Hall–Kier alpha value is -2.63. The predicted molar refractivity (Wildman–Crippen MR) is 78.5 cm³/mol. The molecule has 2 aromatic rings. The van der Waals surface area contributed by atoms with Gasteiger partial charge in [-0.3, -0.25) is 9.89 Å². The summed E-state index contributed by atoms with van der Waals surface area (Å²) in [6, 6.07) is 4.88. The number of hydrogen-bond donors (Lipinski definition) is 3. The number of rotatable bonds is 4. The summed E-state index contributed by atoms with van der Waals surface area (Å²) in [5.41, 5.74) is 3.58. The Labute approximate surface area is 122 Å². The molecule has 2 rings (SSSR count). The molecule has 0 aliphatic rings. The molecular formula is C15H17N3O3. The van der Waals surface area contributed by atoms with Crippen molar-refractivity contribution in [3.8, 4) is 0 Å². The van der Waals surface area contributed by atoms with E-state index in [1.165, 1.54) is 6.07 Å². The number of benzene rings is 1. The van der Waals surface area contributed by atoms with Crippen molar-refractivity contribution >= 4 is 17.6 Å². The van der Waals surface area contributed by atoms with E-state index in [-0.39, 0.29) is 17.9 Å². The number of nitrogens with one attached hydrogen (secondary N) is 2. The van der Waals surface area contributed by atoms with Crippen molar-refractivity contribution < 1.29 is 14.7 Å². The molecule has 0 aliphatic carbocycles. The van der Waals surface area contributed by atoms with Gasteiger partial charge in [0.1, 0.15) is 0 Å². The smallest absolute Gasteiger partial charge is 0.337 e. The Morgan fingerprint density at radius 2 is 2.00 bits per heavy atom. The van der Waals surface area contributed by atoms with Gasteiger partial charge in [-0.25, -0.2) is 4.79 Å². The van der Waals surface area contributed by atoms with Crippen molar-refractivity contribution in [2.45, 2.75) is 27.2 Å². The zero-order valence-corrected chi connectivity index (χ0v) is 12.2. The normalized spacial score (nSPS) is 10.4. The largest absolute Gasteiger partial charge is 0.478 e. The Morgan fingerprint density at radius 3 is 2.57 bits per heavy atom. The first-order chi connectivity index (χ1) is 9.90. The molecule has 0 saturated heterocycles. The first-order valence-corrected chi connectivity index (χ1v) is 6.53. The number of carboxylic acid groups (broad SMARTS) is 1. The molecule has 6 heteroatoms. The molecule has 0 atom stereocenters. The molecule has 110 valence electrons. The molecule has 0 aliphatic heterocycles.